The van der Waals surface area contributed by atoms with Crippen molar-refractivity contribution in [1.29, 1.82) is 0 Å². The van der Waals surface area contributed by atoms with Gasteiger partial charge in [-0.25, -0.2) is 0 Å². The maximum absolute atomic E-state index is 12.8. The van der Waals surface area contributed by atoms with E-state index in [0.29, 0.717) is 22.1 Å². The number of anilines is 1. The van der Waals surface area contributed by atoms with E-state index in [-0.39, 0.29) is 37.6 Å². The highest BCUT2D eigenvalue weighted by molar-refractivity contribution is 7.86. The first-order chi connectivity index (χ1) is 21.5. The Balaban J connectivity index is 1.58. The van der Waals surface area contributed by atoms with Crippen LogP contribution in [-0.2, 0) is 10.1 Å². The van der Waals surface area contributed by atoms with Gasteiger partial charge in [-0.05, 0) is 54.3 Å². The molecule has 7 nitrogen and oxygen atoms in total. The van der Waals surface area contributed by atoms with Gasteiger partial charge in [0.2, 0.25) is 5.43 Å². The molecule has 0 unspecified atom stereocenters. The molecule has 0 saturated carbocycles. The predicted octanol–water partition coefficient (Wildman–Crippen LogP) is 9.40. The van der Waals surface area contributed by atoms with E-state index in [2.05, 4.69) is 30.9 Å². The Kier molecular flexibility index (Phi) is 9.89. The standard InChI is InChI=1S/C35H33Cl2NO6S/c1-3-5-15-38(16-6-4-2)24-12-9-22(10-13-24)7-8-23-11-14-25(34(17-23)45(41,42)43)35-26-18-28(36)30(39)20-32(26)44-33-21-31(40)29(37)19-27(33)35/h7-14,17-21,39H,3-6,15-16H2,1-2H3,(H,41,42,43)/b8-7+. The number of halogens is 2. The molecule has 2 N–H and O–H groups in total. The number of benzene rings is 4. The molecule has 3 aromatic carbocycles. The minimum absolute atomic E-state index is 0.00247. The molecule has 3 aromatic rings. The molecule has 5 rings (SSSR count). The fourth-order valence-electron chi connectivity index (χ4n) is 5.31. The SMILES string of the molecule is CCCCN(CCCC)c1ccc(/C=C/c2ccc(-c3c4cc(Cl)c(=O)cc-4oc4cc(O)c(Cl)cc34)c(S(=O)(=O)O)c2)cc1. The van der Waals surface area contributed by atoms with E-state index in [9.17, 15) is 22.9 Å². The Morgan fingerprint density at radius 3 is 2.11 bits per heavy atom. The van der Waals surface area contributed by atoms with Gasteiger partial charge in [-0.15, -0.1) is 0 Å². The zero-order valence-electron chi connectivity index (χ0n) is 24.9. The Morgan fingerprint density at radius 2 is 1.47 bits per heavy atom. The van der Waals surface area contributed by atoms with Gasteiger partial charge >= 0.3 is 0 Å². The lowest BCUT2D eigenvalue weighted by Crippen LogP contribution is -2.25. The van der Waals surface area contributed by atoms with E-state index in [1.807, 2.05) is 18.2 Å². The summed E-state index contributed by atoms with van der Waals surface area (Å²) >= 11 is 12.4. The van der Waals surface area contributed by atoms with Crippen molar-refractivity contribution >= 4 is 62.1 Å². The van der Waals surface area contributed by atoms with Gasteiger partial charge in [0, 0.05) is 53.0 Å². The molecule has 0 amide bonds. The molecule has 0 radical (unpaired) electrons. The van der Waals surface area contributed by atoms with Gasteiger partial charge in [-0.3, -0.25) is 9.35 Å². The predicted molar refractivity (Wildman–Crippen MR) is 183 cm³/mol. The van der Waals surface area contributed by atoms with Crippen LogP contribution in [-0.4, -0.2) is 31.2 Å². The Morgan fingerprint density at radius 1 is 0.822 bits per heavy atom. The highest BCUT2D eigenvalue weighted by atomic mass is 35.5. The summed E-state index contributed by atoms with van der Waals surface area (Å²) in [6.45, 7) is 6.39. The number of unbranched alkanes of at least 4 members (excludes halogenated alkanes) is 2. The molecule has 234 valence electrons. The lowest BCUT2D eigenvalue weighted by Gasteiger charge is -2.24. The van der Waals surface area contributed by atoms with Gasteiger partial charge in [-0.1, -0.05) is 86.3 Å². The van der Waals surface area contributed by atoms with Gasteiger partial charge in [0.15, 0.2) is 0 Å². The topological polar surface area (TPSA) is 108 Å². The van der Waals surface area contributed by atoms with Gasteiger partial charge in [0.25, 0.3) is 10.1 Å². The van der Waals surface area contributed by atoms with Crippen LogP contribution in [0.3, 0.4) is 0 Å². The molecule has 45 heavy (non-hydrogen) atoms. The number of phenolic OH excluding ortho intramolecular Hbond substituents is 1. The average molecular weight is 667 g/mol. The highest BCUT2D eigenvalue weighted by Crippen LogP contribution is 2.45. The Labute approximate surface area is 272 Å². The normalized spacial score (nSPS) is 12.0. The largest absolute Gasteiger partial charge is 0.506 e. The van der Waals surface area contributed by atoms with Gasteiger partial charge in [0.05, 0.1) is 10.0 Å². The Bertz CT molecular complexity index is 2010. The maximum atomic E-state index is 12.8. The highest BCUT2D eigenvalue weighted by Gasteiger charge is 2.25. The number of rotatable bonds is 11. The number of fused-ring (bicyclic) bond motifs is 2. The summed E-state index contributed by atoms with van der Waals surface area (Å²) in [7, 11) is -4.74. The fraction of sp³-hybridized carbons (Fsp3) is 0.229. The minimum atomic E-state index is -4.74. The van der Waals surface area contributed by atoms with Crippen molar-refractivity contribution in [3.05, 3.63) is 98.1 Å². The first-order valence-corrected chi connectivity index (χ1v) is 16.9. The first kappa shape index (κ1) is 32.6. The Hall–Kier alpha value is -3.82. The van der Waals surface area contributed by atoms with Crippen molar-refractivity contribution < 1.29 is 22.5 Å². The van der Waals surface area contributed by atoms with Crippen LogP contribution in [0.4, 0.5) is 5.69 Å². The zero-order valence-corrected chi connectivity index (χ0v) is 27.2. The van der Waals surface area contributed by atoms with Crippen LogP contribution < -0.4 is 10.3 Å². The van der Waals surface area contributed by atoms with Gasteiger partial charge in [0.1, 0.15) is 22.0 Å². The summed E-state index contributed by atoms with van der Waals surface area (Å²) in [6, 6.07) is 18.2. The molecule has 2 aliphatic rings. The van der Waals surface area contributed by atoms with E-state index in [1.54, 1.807) is 18.2 Å². The van der Waals surface area contributed by atoms with Crippen LogP contribution in [0.25, 0.3) is 45.6 Å². The summed E-state index contributed by atoms with van der Waals surface area (Å²) in [5, 5.41) is 10.5. The molecule has 1 aliphatic heterocycles. The van der Waals surface area contributed by atoms with E-state index in [4.69, 9.17) is 27.6 Å². The third-order valence-corrected chi connectivity index (χ3v) is 9.18. The molecule has 1 heterocycles. The zero-order chi connectivity index (χ0) is 32.3. The summed E-state index contributed by atoms with van der Waals surface area (Å²) in [4.78, 5) is 14.4. The number of phenols is 1. The molecule has 0 fully saturated rings. The molecule has 0 bridgehead atoms. The van der Waals surface area contributed by atoms with Gasteiger partial charge < -0.3 is 14.4 Å². The molecule has 0 spiro atoms. The van der Waals surface area contributed by atoms with Crippen LogP contribution in [0.15, 0.2) is 80.8 Å². The fourth-order valence-corrected chi connectivity index (χ4v) is 6.37. The van der Waals surface area contributed by atoms with Crippen LogP contribution >= 0.6 is 23.2 Å². The van der Waals surface area contributed by atoms with E-state index in [1.165, 1.54) is 36.0 Å². The molecule has 0 aromatic heterocycles. The second-order valence-corrected chi connectivity index (χ2v) is 13.1. The number of nitrogens with zero attached hydrogens (tertiary/aromatic N) is 1. The van der Waals surface area contributed by atoms with Crippen molar-refractivity contribution in [2.45, 2.75) is 44.4 Å². The van der Waals surface area contributed by atoms with E-state index >= 15 is 0 Å². The molecular weight excluding hydrogens is 633 g/mol. The van der Waals surface area contributed by atoms with Crippen molar-refractivity contribution in [1.82, 2.24) is 0 Å². The average Bonchev–Trinajstić information content (AvgIpc) is 3.01. The lowest BCUT2D eigenvalue weighted by atomic mass is 9.93. The second kappa shape index (κ2) is 13.7. The van der Waals surface area contributed by atoms with Crippen LogP contribution in [0.5, 0.6) is 5.75 Å². The number of aromatic hydroxyl groups is 1. The molecule has 0 atom stereocenters. The van der Waals surface area contributed by atoms with E-state index < -0.39 is 15.5 Å². The van der Waals surface area contributed by atoms with Crippen LogP contribution in [0.1, 0.15) is 50.7 Å². The summed E-state index contributed by atoms with van der Waals surface area (Å²) < 4.78 is 41.8. The number of hydrogen-bond acceptors (Lipinski definition) is 6. The molecule has 0 saturated heterocycles. The van der Waals surface area contributed by atoms with E-state index in [0.717, 1.165) is 44.3 Å². The molecule has 10 heteroatoms. The first-order valence-electron chi connectivity index (χ1n) is 14.7. The third kappa shape index (κ3) is 7.20. The maximum Gasteiger partial charge on any atom is 0.295 e. The van der Waals surface area contributed by atoms with Gasteiger partial charge in [-0.2, -0.15) is 8.42 Å². The summed E-state index contributed by atoms with van der Waals surface area (Å²) in [5.74, 6) is -0.141. The minimum Gasteiger partial charge on any atom is -0.506 e. The number of hydrogen-bond donors (Lipinski definition) is 2. The van der Waals surface area contributed by atoms with Crippen molar-refractivity contribution in [3.8, 4) is 28.2 Å². The van der Waals surface area contributed by atoms with Crippen LogP contribution in [0.2, 0.25) is 10.0 Å². The summed E-state index contributed by atoms with van der Waals surface area (Å²) in [5.41, 5.74) is 3.07. The molecular formula is C35H33Cl2NO6S. The monoisotopic (exact) mass is 665 g/mol. The lowest BCUT2D eigenvalue weighted by molar-refractivity contribution is 0.474. The second-order valence-electron chi connectivity index (χ2n) is 10.9. The summed E-state index contributed by atoms with van der Waals surface area (Å²) in [6.07, 6.45) is 8.16. The smallest absolute Gasteiger partial charge is 0.295 e. The van der Waals surface area contributed by atoms with Crippen molar-refractivity contribution in [2.75, 3.05) is 18.0 Å². The third-order valence-electron chi connectivity index (χ3n) is 7.68. The molecule has 1 aliphatic carbocycles. The van der Waals surface area contributed by atoms with Crippen molar-refractivity contribution in [3.63, 3.8) is 0 Å². The quantitative estimate of drug-likeness (QED) is 0.0822. The van der Waals surface area contributed by atoms with Crippen LogP contribution in [0, 0.1) is 0 Å². The van der Waals surface area contributed by atoms with Crippen molar-refractivity contribution in [2.24, 2.45) is 0 Å².